The molecule has 1 amide bonds. The van der Waals surface area contributed by atoms with Gasteiger partial charge in [-0.3, -0.25) is 14.5 Å². The van der Waals surface area contributed by atoms with Gasteiger partial charge in [-0.15, -0.1) is 0 Å². The van der Waals surface area contributed by atoms with E-state index in [4.69, 9.17) is 9.72 Å². The van der Waals surface area contributed by atoms with Crippen LogP contribution in [0.5, 0.6) is 0 Å². The molecule has 1 aromatic heterocycles. The van der Waals surface area contributed by atoms with E-state index in [1.807, 2.05) is 90.4 Å². The Bertz CT molecular complexity index is 1350. The molecule has 0 fully saturated rings. The number of rotatable bonds is 6. The molecule has 2 atom stereocenters. The van der Waals surface area contributed by atoms with E-state index in [2.05, 4.69) is 0 Å². The Balaban J connectivity index is 1.70. The highest BCUT2D eigenvalue weighted by molar-refractivity contribution is 6.08. The summed E-state index contributed by atoms with van der Waals surface area (Å²) in [6.07, 6.45) is 0.653. The molecule has 4 aromatic rings. The maximum atomic E-state index is 14.0. The van der Waals surface area contributed by atoms with Gasteiger partial charge in [0.1, 0.15) is 0 Å². The summed E-state index contributed by atoms with van der Waals surface area (Å²) >= 11 is 0. The zero-order chi connectivity index (χ0) is 23.7. The average molecular weight is 454 g/mol. The molecular formula is C28H27N3O3. The Hall–Kier alpha value is -3.93. The number of carbonyl (C=O) groups is 2. The SMILES string of the molecule is CCOC(=O)C1C(=O)N(CCc2ccccc2)c2nc3ccccc3n2C1c1ccccc1C. The van der Waals surface area contributed by atoms with Crippen LogP contribution in [0.2, 0.25) is 0 Å². The number of fused-ring (bicyclic) bond motifs is 3. The van der Waals surface area contributed by atoms with Crippen LogP contribution in [-0.4, -0.2) is 34.6 Å². The van der Waals surface area contributed by atoms with E-state index >= 15 is 0 Å². The molecular weight excluding hydrogens is 426 g/mol. The fourth-order valence-corrected chi connectivity index (χ4v) is 4.84. The van der Waals surface area contributed by atoms with Gasteiger partial charge in [0.25, 0.3) is 0 Å². The maximum Gasteiger partial charge on any atom is 0.321 e. The van der Waals surface area contributed by atoms with Gasteiger partial charge in [-0.25, -0.2) is 4.98 Å². The maximum absolute atomic E-state index is 14.0. The molecule has 6 nitrogen and oxygen atoms in total. The molecule has 0 saturated heterocycles. The van der Waals surface area contributed by atoms with Gasteiger partial charge < -0.3 is 9.30 Å². The fourth-order valence-electron chi connectivity index (χ4n) is 4.84. The van der Waals surface area contributed by atoms with Crippen molar-refractivity contribution in [1.29, 1.82) is 0 Å². The van der Waals surface area contributed by atoms with Crippen LogP contribution in [0.1, 0.15) is 29.7 Å². The number of hydrogen-bond acceptors (Lipinski definition) is 4. The normalized spacial score (nSPS) is 17.6. The number of para-hydroxylation sites is 2. The summed E-state index contributed by atoms with van der Waals surface area (Å²) in [6.45, 7) is 4.40. The largest absolute Gasteiger partial charge is 0.465 e. The molecule has 2 heterocycles. The third kappa shape index (κ3) is 3.75. The second kappa shape index (κ2) is 9.14. The Labute approximate surface area is 198 Å². The fraction of sp³-hybridized carbons (Fsp3) is 0.250. The quantitative estimate of drug-likeness (QED) is 0.314. The molecule has 172 valence electrons. The minimum Gasteiger partial charge on any atom is -0.465 e. The van der Waals surface area contributed by atoms with Crippen molar-refractivity contribution in [2.24, 2.45) is 5.92 Å². The van der Waals surface area contributed by atoms with Crippen molar-refractivity contribution in [3.05, 3.63) is 95.6 Å². The van der Waals surface area contributed by atoms with Gasteiger partial charge >= 0.3 is 5.97 Å². The van der Waals surface area contributed by atoms with Crippen LogP contribution in [0.25, 0.3) is 11.0 Å². The van der Waals surface area contributed by atoms with E-state index in [0.29, 0.717) is 18.9 Å². The van der Waals surface area contributed by atoms with Gasteiger partial charge in [-0.05, 0) is 49.1 Å². The Morgan fingerprint density at radius 1 is 0.971 bits per heavy atom. The highest BCUT2D eigenvalue weighted by atomic mass is 16.5. The standard InChI is InChI=1S/C28H27N3O3/c1-3-34-27(33)24-25(21-14-8-7-11-19(21)2)31-23-16-10-9-15-22(23)29-28(31)30(26(24)32)18-17-20-12-5-4-6-13-20/h4-16,24-25H,3,17-18H2,1-2H3. The lowest BCUT2D eigenvalue weighted by Crippen LogP contribution is -2.50. The number of imidazole rings is 1. The van der Waals surface area contributed by atoms with Crippen LogP contribution < -0.4 is 4.90 Å². The molecule has 0 N–H and O–H groups in total. The molecule has 1 aliphatic heterocycles. The number of amides is 1. The van der Waals surface area contributed by atoms with Gasteiger partial charge in [-0.1, -0.05) is 66.7 Å². The number of anilines is 1. The first kappa shape index (κ1) is 21.9. The van der Waals surface area contributed by atoms with Crippen molar-refractivity contribution >= 4 is 28.9 Å². The van der Waals surface area contributed by atoms with Gasteiger partial charge in [0.2, 0.25) is 11.9 Å². The minimum atomic E-state index is -0.998. The summed E-state index contributed by atoms with van der Waals surface area (Å²) in [5, 5.41) is 0. The molecule has 0 radical (unpaired) electrons. The first-order chi connectivity index (χ1) is 16.6. The summed E-state index contributed by atoms with van der Waals surface area (Å²) in [7, 11) is 0. The first-order valence-corrected chi connectivity index (χ1v) is 11.6. The number of benzene rings is 3. The Morgan fingerprint density at radius 2 is 1.68 bits per heavy atom. The van der Waals surface area contributed by atoms with E-state index in [1.165, 1.54) is 0 Å². The van der Waals surface area contributed by atoms with Crippen molar-refractivity contribution in [2.75, 3.05) is 18.1 Å². The van der Waals surface area contributed by atoms with Crippen molar-refractivity contribution in [2.45, 2.75) is 26.3 Å². The van der Waals surface area contributed by atoms with E-state index in [9.17, 15) is 9.59 Å². The van der Waals surface area contributed by atoms with Crippen LogP contribution in [0.3, 0.4) is 0 Å². The molecule has 6 heteroatoms. The van der Waals surface area contributed by atoms with Crippen molar-refractivity contribution < 1.29 is 14.3 Å². The van der Waals surface area contributed by atoms with Crippen molar-refractivity contribution in [3.8, 4) is 0 Å². The lowest BCUT2D eigenvalue weighted by molar-refractivity contribution is -0.153. The van der Waals surface area contributed by atoms with Crippen LogP contribution >= 0.6 is 0 Å². The van der Waals surface area contributed by atoms with E-state index in [-0.39, 0.29) is 12.5 Å². The zero-order valence-electron chi connectivity index (χ0n) is 19.3. The zero-order valence-corrected chi connectivity index (χ0v) is 19.3. The summed E-state index contributed by atoms with van der Waals surface area (Å²) in [5.41, 5.74) is 4.72. The van der Waals surface area contributed by atoms with E-state index in [1.54, 1.807) is 11.8 Å². The number of aryl methyl sites for hydroxylation is 1. The molecule has 0 spiro atoms. The van der Waals surface area contributed by atoms with Gasteiger partial charge in [0.05, 0.1) is 23.7 Å². The molecule has 0 aliphatic carbocycles. The summed E-state index contributed by atoms with van der Waals surface area (Å²) < 4.78 is 7.49. The minimum absolute atomic E-state index is 0.213. The third-order valence-corrected chi connectivity index (χ3v) is 6.46. The molecule has 1 aliphatic rings. The van der Waals surface area contributed by atoms with Crippen LogP contribution in [0, 0.1) is 12.8 Å². The third-order valence-electron chi connectivity index (χ3n) is 6.46. The predicted molar refractivity (Wildman–Crippen MR) is 132 cm³/mol. The van der Waals surface area contributed by atoms with Crippen LogP contribution in [0.4, 0.5) is 5.95 Å². The molecule has 0 bridgehead atoms. The number of nitrogens with zero attached hydrogens (tertiary/aromatic N) is 3. The van der Waals surface area contributed by atoms with E-state index < -0.39 is 17.9 Å². The van der Waals surface area contributed by atoms with Gasteiger partial charge in [0, 0.05) is 6.54 Å². The number of hydrogen-bond donors (Lipinski definition) is 0. The summed E-state index contributed by atoms with van der Waals surface area (Å²) in [6, 6.07) is 25.2. The summed E-state index contributed by atoms with van der Waals surface area (Å²) in [4.78, 5) is 33.8. The Morgan fingerprint density at radius 3 is 2.44 bits per heavy atom. The predicted octanol–water partition coefficient (Wildman–Crippen LogP) is 4.70. The highest BCUT2D eigenvalue weighted by Gasteiger charge is 2.48. The van der Waals surface area contributed by atoms with E-state index in [0.717, 1.165) is 27.7 Å². The Kier molecular flexibility index (Phi) is 5.88. The lowest BCUT2D eigenvalue weighted by atomic mass is 9.87. The van der Waals surface area contributed by atoms with Gasteiger partial charge in [0.15, 0.2) is 5.92 Å². The monoisotopic (exact) mass is 453 g/mol. The second-order valence-electron chi connectivity index (χ2n) is 8.53. The second-order valence-corrected chi connectivity index (χ2v) is 8.53. The number of carbonyl (C=O) groups excluding carboxylic acids is 2. The van der Waals surface area contributed by atoms with Crippen LogP contribution in [0.15, 0.2) is 78.9 Å². The number of aromatic nitrogens is 2. The molecule has 5 rings (SSSR count). The summed E-state index contributed by atoms with van der Waals surface area (Å²) in [5.74, 6) is -1.21. The number of esters is 1. The highest BCUT2D eigenvalue weighted by Crippen LogP contribution is 2.42. The molecule has 2 unspecified atom stereocenters. The molecule has 34 heavy (non-hydrogen) atoms. The van der Waals surface area contributed by atoms with Crippen molar-refractivity contribution in [1.82, 2.24) is 9.55 Å². The topological polar surface area (TPSA) is 64.4 Å². The molecule has 3 aromatic carbocycles. The lowest BCUT2D eigenvalue weighted by Gasteiger charge is -2.38. The average Bonchev–Trinajstić information content (AvgIpc) is 3.23. The van der Waals surface area contributed by atoms with Crippen molar-refractivity contribution in [3.63, 3.8) is 0 Å². The smallest absolute Gasteiger partial charge is 0.321 e. The van der Waals surface area contributed by atoms with Crippen LogP contribution in [-0.2, 0) is 20.7 Å². The first-order valence-electron chi connectivity index (χ1n) is 11.6. The molecule has 0 saturated carbocycles. The number of ether oxygens (including phenoxy) is 1. The van der Waals surface area contributed by atoms with Gasteiger partial charge in [-0.2, -0.15) is 0 Å².